The Morgan fingerprint density at radius 2 is 1.92 bits per heavy atom. The number of thiophene rings is 1. The van der Waals surface area contributed by atoms with Gasteiger partial charge in [0, 0.05) is 61.1 Å². The molecule has 4 aromatic rings. The van der Waals surface area contributed by atoms with Crippen LogP contribution < -0.4 is 14.4 Å². The summed E-state index contributed by atoms with van der Waals surface area (Å²) in [5, 5.41) is 1.28. The molecule has 0 amide bonds. The first-order valence-electron chi connectivity index (χ1n) is 13.0. The van der Waals surface area contributed by atoms with Crippen molar-refractivity contribution in [1.82, 2.24) is 19.9 Å². The molecular formula is C29H33N5O2S. The van der Waals surface area contributed by atoms with Crippen LogP contribution in [0.25, 0.3) is 21.6 Å². The van der Waals surface area contributed by atoms with Crippen LogP contribution in [-0.4, -0.2) is 60.3 Å². The monoisotopic (exact) mass is 515 g/mol. The number of hydrogen-bond acceptors (Lipinski definition) is 8. The summed E-state index contributed by atoms with van der Waals surface area (Å²) in [5.41, 5.74) is 3.60. The molecule has 0 spiro atoms. The van der Waals surface area contributed by atoms with Gasteiger partial charge in [-0.2, -0.15) is 0 Å². The third kappa shape index (κ3) is 4.76. The molecule has 0 saturated carbocycles. The first kappa shape index (κ1) is 24.1. The van der Waals surface area contributed by atoms with Crippen molar-refractivity contribution in [2.24, 2.45) is 5.92 Å². The van der Waals surface area contributed by atoms with E-state index in [0.717, 1.165) is 90.6 Å². The van der Waals surface area contributed by atoms with Crippen molar-refractivity contribution in [2.45, 2.75) is 32.7 Å². The quantitative estimate of drug-likeness (QED) is 0.349. The maximum atomic E-state index is 5.62. The van der Waals surface area contributed by atoms with Crippen LogP contribution in [0.4, 0.5) is 5.82 Å². The molecule has 0 bridgehead atoms. The van der Waals surface area contributed by atoms with E-state index in [1.165, 1.54) is 22.2 Å². The maximum Gasteiger partial charge on any atom is 0.164 e. The number of aromatic nitrogens is 3. The molecule has 1 aromatic carbocycles. The van der Waals surface area contributed by atoms with E-state index in [1.807, 2.05) is 41.8 Å². The molecule has 1 saturated heterocycles. The number of anilines is 1. The van der Waals surface area contributed by atoms with Gasteiger partial charge in [-0.3, -0.25) is 9.88 Å². The number of pyridine rings is 1. The number of fused-ring (bicyclic) bond motifs is 3. The molecule has 3 aromatic heterocycles. The fourth-order valence-corrected chi connectivity index (χ4v) is 6.92. The van der Waals surface area contributed by atoms with E-state index < -0.39 is 0 Å². The van der Waals surface area contributed by atoms with Crippen molar-refractivity contribution in [1.29, 1.82) is 0 Å². The second-order valence-electron chi connectivity index (χ2n) is 10.1. The van der Waals surface area contributed by atoms with Crippen LogP contribution in [0.2, 0.25) is 0 Å². The Morgan fingerprint density at radius 1 is 1.05 bits per heavy atom. The molecule has 8 heteroatoms. The number of ether oxygens (including phenoxy) is 2. The summed E-state index contributed by atoms with van der Waals surface area (Å²) in [4.78, 5) is 22.1. The van der Waals surface area contributed by atoms with Crippen LogP contribution in [0.5, 0.6) is 11.5 Å². The lowest BCUT2D eigenvalue weighted by Crippen LogP contribution is -2.46. The lowest BCUT2D eigenvalue weighted by atomic mass is 9.89. The third-order valence-electron chi connectivity index (χ3n) is 7.61. The Labute approximate surface area is 222 Å². The van der Waals surface area contributed by atoms with Gasteiger partial charge in [0.15, 0.2) is 5.82 Å². The number of benzene rings is 1. The zero-order valence-electron chi connectivity index (χ0n) is 21.7. The molecule has 37 heavy (non-hydrogen) atoms. The van der Waals surface area contributed by atoms with Crippen LogP contribution >= 0.6 is 11.3 Å². The lowest BCUT2D eigenvalue weighted by Gasteiger charge is -2.36. The lowest BCUT2D eigenvalue weighted by molar-refractivity contribution is 0.245. The highest BCUT2D eigenvalue weighted by Gasteiger charge is 2.28. The van der Waals surface area contributed by atoms with Gasteiger partial charge in [0.1, 0.15) is 22.1 Å². The van der Waals surface area contributed by atoms with Crippen LogP contribution in [-0.2, 0) is 19.4 Å². The molecule has 1 fully saturated rings. The van der Waals surface area contributed by atoms with Crippen molar-refractivity contribution < 1.29 is 9.47 Å². The molecule has 0 N–H and O–H groups in total. The Bertz CT molecular complexity index is 1400. The smallest absolute Gasteiger partial charge is 0.164 e. The largest absolute Gasteiger partial charge is 0.497 e. The SMILES string of the molecule is COc1ccc(OC)c(CN2CCN(c3nc(-c4cccnc4)nc4sc5c(c34)CCC(C)C5)CC2)c1. The standard InChI is InChI=1S/C29H33N5O2S/c1-19-6-8-23-25(15-19)37-29-26(23)28(31-27(32-29)20-5-4-10-30-17-20)34-13-11-33(12-14-34)18-21-16-22(35-2)7-9-24(21)36-3/h4-5,7,9-10,16-17,19H,6,8,11-15,18H2,1-3H3. The molecule has 192 valence electrons. The van der Waals surface area contributed by atoms with Crippen molar-refractivity contribution in [2.75, 3.05) is 45.3 Å². The average Bonchev–Trinajstić information content (AvgIpc) is 3.31. The average molecular weight is 516 g/mol. The number of hydrogen-bond donors (Lipinski definition) is 0. The minimum Gasteiger partial charge on any atom is -0.497 e. The summed E-state index contributed by atoms with van der Waals surface area (Å²) in [6, 6.07) is 10.0. The fraction of sp³-hybridized carbons (Fsp3) is 0.414. The van der Waals surface area contributed by atoms with Gasteiger partial charge in [0.05, 0.1) is 19.6 Å². The Morgan fingerprint density at radius 3 is 2.68 bits per heavy atom. The first-order chi connectivity index (χ1) is 18.1. The molecule has 7 nitrogen and oxygen atoms in total. The number of piperazine rings is 1. The minimum absolute atomic E-state index is 0.729. The van der Waals surface area contributed by atoms with Gasteiger partial charge in [0.25, 0.3) is 0 Å². The zero-order valence-corrected chi connectivity index (χ0v) is 22.6. The van der Waals surface area contributed by atoms with E-state index in [9.17, 15) is 0 Å². The minimum atomic E-state index is 0.729. The van der Waals surface area contributed by atoms with E-state index in [1.54, 1.807) is 20.4 Å². The molecule has 1 aliphatic heterocycles. The van der Waals surface area contributed by atoms with Crippen LogP contribution in [0.1, 0.15) is 29.3 Å². The Balaban J connectivity index is 1.30. The van der Waals surface area contributed by atoms with Crippen molar-refractivity contribution in [3.63, 3.8) is 0 Å². The number of nitrogens with zero attached hydrogens (tertiary/aromatic N) is 5. The normalized spacial score (nSPS) is 18.1. The van der Waals surface area contributed by atoms with Crippen LogP contribution in [0.3, 0.4) is 0 Å². The van der Waals surface area contributed by atoms with Crippen molar-refractivity contribution >= 4 is 27.4 Å². The number of rotatable bonds is 6. The Kier molecular flexibility index (Phi) is 6.69. The van der Waals surface area contributed by atoms with Gasteiger partial charge in [-0.1, -0.05) is 6.92 Å². The summed E-state index contributed by atoms with van der Waals surface area (Å²) in [6.07, 6.45) is 7.16. The maximum absolute atomic E-state index is 5.62. The highest BCUT2D eigenvalue weighted by molar-refractivity contribution is 7.19. The molecule has 0 radical (unpaired) electrons. The van der Waals surface area contributed by atoms with Gasteiger partial charge in [-0.15, -0.1) is 11.3 Å². The Hall–Kier alpha value is -3.23. The fourth-order valence-electron chi connectivity index (χ4n) is 5.54. The summed E-state index contributed by atoms with van der Waals surface area (Å²) >= 11 is 1.87. The molecule has 2 aliphatic rings. The van der Waals surface area contributed by atoms with Gasteiger partial charge in [-0.25, -0.2) is 9.97 Å². The predicted octanol–water partition coefficient (Wildman–Crippen LogP) is 5.22. The molecule has 1 unspecified atom stereocenters. The van der Waals surface area contributed by atoms with Gasteiger partial charge >= 0.3 is 0 Å². The molecule has 1 aliphatic carbocycles. The number of aryl methyl sites for hydroxylation is 1. The highest BCUT2D eigenvalue weighted by Crippen LogP contribution is 2.42. The molecule has 6 rings (SSSR count). The molecule has 1 atom stereocenters. The summed E-state index contributed by atoms with van der Waals surface area (Å²) in [7, 11) is 3.43. The van der Waals surface area contributed by atoms with Gasteiger partial charge in [0.2, 0.25) is 0 Å². The summed E-state index contributed by atoms with van der Waals surface area (Å²) in [5.74, 6) is 4.35. The highest BCUT2D eigenvalue weighted by atomic mass is 32.1. The van der Waals surface area contributed by atoms with E-state index in [4.69, 9.17) is 19.4 Å². The van der Waals surface area contributed by atoms with E-state index in [-0.39, 0.29) is 0 Å². The zero-order chi connectivity index (χ0) is 25.4. The van der Waals surface area contributed by atoms with Gasteiger partial charge < -0.3 is 14.4 Å². The number of methoxy groups -OCH3 is 2. The summed E-state index contributed by atoms with van der Waals surface area (Å²) in [6.45, 7) is 6.95. The van der Waals surface area contributed by atoms with Crippen molar-refractivity contribution in [3.8, 4) is 22.9 Å². The third-order valence-corrected chi connectivity index (χ3v) is 8.76. The molecular weight excluding hydrogens is 482 g/mol. The second-order valence-corrected chi connectivity index (χ2v) is 11.2. The first-order valence-corrected chi connectivity index (χ1v) is 13.9. The van der Waals surface area contributed by atoms with Crippen LogP contribution in [0, 0.1) is 5.92 Å². The van der Waals surface area contributed by atoms with E-state index in [0.29, 0.717) is 0 Å². The topological polar surface area (TPSA) is 63.6 Å². The van der Waals surface area contributed by atoms with Gasteiger partial charge in [-0.05, 0) is 61.1 Å². The van der Waals surface area contributed by atoms with E-state index in [2.05, 4.69) is 27.8 Å². The predicted molar refractivity (Wildman–Crippen MR) is 149 cm³/mol. The van der Waals surface area contributed by atoms with E-state index >= 15 is 0 Å². The van der Waals surface area contributed by atoms with Crippen molar-refractivity contribution in [3.05, 3.63) is 58.7 Å². The summed E-state index contributed by atoms with van der Waals surface area (Å²) < 4.78 is 11.1. The van der Waals surface area contributed by atoms with Crippen LogP contribution in [0.15, 0.2) is 42.7 Å². The second kappa shape index (κ2) is 10.3. The molecule has 4 heterocycles.